The van der Waals surface area contributed by atoms with Crippen molar-refractivity contribution in [1.82, 2.24) is 4.98 Å². The first-order valence-electron chi connectivity index (χ1n) is 12.9. The van der Waals surface area contributed by atoms with Crippen LogP contribution in [0.25, 0.3) is 21.2 Å². The lowest BCUT2D eigenvalue weighted by molar-refractivity contribution is -0.143. The number of esters is 1. The van der Waals surface area contributed by atoms with Gasteiger partial charge in [0.15, 0.2) is 0 Å². The van der Waals surface area contributed by atoms with Crippen LogP contribution in [0.1, 0.15) is 42.9 Å². The van der Waals surface area contributed by atoms with Crippen LogP contribution >= 0.6 is 11.3 Å². The van der Waals surface area contributed by atoms with E-state index in [1.165, 1.54) is 21.2 Å². The van der Waals surface area contributed by atoms with Gasteiger partial charge in [0.1, 0.15) is 24.7 Å². The number of methoxy groups -OCH3 is 1. The Morgan fingerprint density at radius 3 is 2.72 bits per heavy atom. The van der Waals surface area contributed by atoms with E-state index in [0.717, 1.165) is 22.4 Å². The highest BCUT2D eigenvalue weighted by Crippen LogP contribution is 2.37. The van der Waals surface area contributed by atoms with Gasteiger partial charge in [0, 0.05) is 40.7 Å². The van der Waals surface area contributed by atoms with Crippen molar-refractivity contribution < 1.29 is 23.7 Å². The fourth-order valence-corrected chi connectivity index (χ4v) is 5.33. The van der Waals surface area contributed by atoms with Gasteiger partial charge in [-0.2, -0.15) is 0 Å². The molecule has 4 aromatic rings. The molecule has 202 valence electrons. The summed E-state index contributed by atoms with van der Waals surface area (Å²) >= 11 is 1.73. The summed E-state index contributed by atoms with van der Waals surface area (Å²) in [5.41, 5.74) is 5.34. The van der Waals surface area contributed by atoms with E-state index in [0.29, 0.717) is 32.2 Å². The summed E-state index contributed by atoms with van der Waals surface area (Å²) in [6.45, 7) is 7.44. The highest BCUT2D eigenvalue weighted by molar-refractivity contribution is 7.17. The average molecular weight is 544 g/mol. The lowest BCUT2D eigenvalue weighted by Crippen LogP contribution is -2.11. The molecular formula is C32H33NO5S. The molecule has 0 fully saturated rings. The van der Waals surface area contributed by atoms with Crippen molar-refractivity contribution in [1.29, 1.82) is 0 Å². The molecule has 1 unspecified atom stereocenters. The highest BCUT2D eigenvalue weighted by atomic mass is 32.1. The van der Waals surface area contributed by atoms with E-state index in [1.54, 1.807) is 44.7 Å². The predicted octanol–water partition coefficient (Wildman–Crippen LogP) is 6.94. The van der Waals surface area contributed by atoms with Crippen molar-refractivity contribution in [2.45, 2.75) is 39.7 Å². The van der Waals surface area contributed by atoms with Gasteiger partial charge >= 0.3 is 5.97 Å². The van der Waals surface area contributed by atoms with Crippen LogP contribution in [0.2, 0.25) is 0 Å². The van der Waals surface area contributed by atoms with Gasteiger partial charge in [-0.05, 0) is 73.2 Å². The first-order valence-corrected chi connectivity index (χ1v) is 13.8. The molecule has 0 N–H and O–H groups in total. The van der Waals surface area contributed by atoms with E-state index in [1.807, 2.05) is 12.1 Å². The van der Waals surface area contributed by atoms with Crippen molar-refractivity contribution in [3.63, 3.8) is 0 Å². The molecule has 0 saturated heterocycles. The first kappa shape index (κ1) is 28.2. The van der Waals surface area contributed by atoms with E-state index in [4.69, 9.17) is 18.9 Å². The van der Waals surface area contributed by atoms with Crippen molar-refractivity contribution in [3.8, 4) is 34.5 Å². The predicted molar refractivity (Wildman–Crippen MR) is 155 cm³/mol. The summed E-state index contributed by atoms with van der Waals surface area (Å²) < 4.78 is 23.5. The fourth-order valence-electron chi connectivity index (χ4n) is 4.39. The Kier molecular flexibility index (Phi) is 9.96. The SMILES string of the molecule is CC#CC(CC(=O)OCC)c1cnccc1OCc1ccc2scc(-c3ccc(OCCOC)cc3C)c2c1. The Labute approximate surface area is 233 Å². The zero-order valence-electron chi connectivity index (χ0n) is 22.8. The molecule has 39 heavy (non-hydrogen) atoms. The standard InChI is InChI=1S/C32H33NO5S/c1-5-7-24(18-32(34)36-6-2)28-19-33-13-12-30(28)38-20-23-8-11-31-27(17-23)29(21-39-31)26-10-9-25(16-22(26)3)37-15-14-35-4/h8-13,16-17,19,21,24H,6,14-15,18,20H2,1-4H3. The highest BCUT2D eigenvalue weighted by Gasteiger charge is 2.19. The molecule has 0 saturated carbocycles. The molecule has 0 spiro atoms. The maximum absolute atomic E-state index is 12.2. The van der Waals surface area contributed by atoms with E-state index >= 15 is 0 Å². The first-order chi connectivity index (χ1) is 19.0. The second kappa shape index (κ2) is 13.8. The molecular weight excluding hydrogens is 510 g/mol. The number of hydrogen-bond acceptors (Lipinski definition) is 7. The number of thiophene rings is 1. The normalized spacial score (nSPS) is 11.5. The minimum atomic E-state index is -0.354. The van der Waals surface area contributed by atoms with Gasteiger partial charge in [-0.3, -0.25) is 9.78 Å². The zero-order valence-corrected chi connectivity index (χ0v) is 23.6. The second-order valence-electron chi connectivity index (χ2n) is 8.96. The maximum atomic E-state index is 12.2. The van der Waals surface area contributed by atoms with Gasteiger partial charge < -0.3 is 18.9 Å². The minimum absolute atomic E-state index is 0.149. The Morgan fingerprint density at radius 1 is 1.08 bits per heavy atom. The van der Waals surface area contributed by atoms with E-state index in [-0.39, 0.29) is 18.3 Å². The number of rotatable bonds is 12. The molecule has 0 aliphatic carbocycles. The quantitative estimate of drug-likeness (QED) is 0.110. The van der Waals surface area contributed by atoms with Gasteiger partial charge in [0.25, 0.3) is 0 Å². The molecule has 0 aliphatic heterocycles. The third-order valence-electron chi connectivity index (χ3n) is 6.26. The van der Waals surface area contributed by atoms with Crippen molar-refractivity contribution >= 4 is 27.4 Å². The lowest BCUT2D eigenvalue weighted by atomic mass is 9.97. The molecule has 0 aliphatic rings. The Balaban J connectivity index is 1.55. The van der Waals surface area contributed by atoms with Crippen molar-refractivity contribution in [2.75, 3.05) is 26.9 Å². The number of ether oxygens (including phenoxy) is 4. The number of nitrogens with zero attached hydrogens (tertiary/aromatic N) is 1. The third kappa shape index (κ3) is 7.17. The van der Waals surface area contributed by atoms with Crippen molar-refractivity contribution in [3.05, 3.63) is 76.9 Å². The maximum Gasteiger partial charge on any atom is 0.307 e. The Hall–Kier alpha value is -3.86. The van der Waals surface area contributed by atoms with Crippen molar-refractivity contribution in [2.24, 2.45) is 0 Å². The number of hydrogen-bond donors (Lipinski definition) is 0. The molecule has 6 nitrogen and oxygen atoms in total. The number of carbonyl (C=O) groups is 1. The molecule has 4 rings (SSSR count). The molecule has 0 radical (unpaired) electrons. The van der Waals surface area contributed by atoms with Gasteiger partial charge in [-0.15, -0.1) is 17.3 Å². The van der Waals surface area contributed by atoms with Crippen LogP contribution in [0, 0.1) is 18.8 Å². The Morgan fingerprint density at radius 2 is 1.95 bits per heavy atom. The summed E-state index contributed by atoms with van der Waals surface area (Å²) in [6, 6.07) is 14.4. The van der Waals surface area contributed by atoms with Crippen LogP contribution < -0.4 is 9.47 Å². The summed E-state index contributed by atoms with van der Waals surface area (Å²) in [4.78, 5) is 16.4. The monoisotopic (exact) mass is 543 g/mol. The van der Waals surface area contributed by atoms with Crippen LogP contribution in [-0.2, 0) is 20.9 Å². The van der Waals surface area contributed by atoms with Crippen LogP contribution in [0.15, 0.2) is 60.2 Å². The third-order valence-corrected chi connectivity index (χ3v) is 7.22. The molecule has 2 aromatic carbocycles. The van der Waals surface area contributed by atoms with E-state index in [9.17, 15) is 4.79 Å². The number of fused-ring (bicyclic) bond motifs is 1. The number of carbonyl (C=O) groups excluding carboxylic acids is 1. The summed E-state index contributed by atoms with van der Waals surface area (Å²) in [5.74, 6) is 6.88. The number of aryl methyl sites for hydroxylation is 1. The Bertz CT molecular complexity index is 1480. The number of aromatic nitrogens is 1. The zero-order chi connectivity index (χ0) is 27.6. The summed E-state index contributed by atoms with van der Waals surface area (Å²) in [5, 5.41) is 3.39. The minimum Gasteiger partial charge on any atom is -0.491 e. The fraction of sp³-hybridized carbons (Fsp3) is 0.312. The molecule has 7 heteroatoms. The molecule has 0 bridgehead atoms. The van der Waals surface area contributed by atoms with Crippen LogP contribution in [0.4, 0.5) is 0 Å². The molecule has 2 heterocycles. The van der Waals surface area contributed by atoms with E-state index < -0.39 is 0 Å². The largest absolute Gasteiger partial charge is 0.491 e. The smallest absolute Gasteiger partial charge is 0.307 e. The van der Waals surface area contributed by atoms with Crippen LogP contribution in [0.3, 0.4) is 0 Å². The summed E-state index contributed by atoms with van der Waals surface area (Å²) in [6.07, 6.45) is 3.55. The second-order valence-corrected chi connectivity index (χ2v) is 9.87. The average Bonchev–Trinajstić information content (AvgIpc) is 3.35. The van der Waals surface area contributed by atoms with Crippen LogP contribution in [0.5, 0.6) is 11.5 Å². The van der Waals surface area contributed by atoms with Gasteiger partial charge in [-0.1, -0.05) is 18.1 Å². The van der Waals surface area contributed by atoms with Gasteiger partial charge in [-0.25, -0.2) is 0 Å². The van der Waals surface area contributed by atoms with Crippen LogP contribution in [-0.4, -0.2) is 37.9 Å². The van der Waals surface area contributed by atoms with Gasteiger partial charge in [0.2, 0.25) is 0 Å². The van der Waals surface area contributed by atoms with E-state index in [2.05, 4.69) is 59.5 Å². The lowest BCUT2D eigenvalue weighted by Gasteiger charge is -2.16. The summed E-state index contributed by atoms with van der Waals surface area (Å²) in [7, 11) is 1.67. The topological polar surface area (TPSA) is 66.9 Å². The molecule has 2 aromatic heterocycles. The number of pyridine rings is 1. The van der Waals surface area contributed by atoms with Gasteiger partial charge in [0.05, 0.1) is 25.6 Å². The molecule has 0 amide bonds. The number of benzene rings is 2. The molecule has 1 atom stereocenters.